The van der Waals surface area contributed by atoms with Gasteiger partial charge in [-0.1, -0.05) is 31.1 Å². The van der Waals surface area contributed by atoms with Gasteiger partial charge in [0.05, 0.1) is 0 Å². The molecular weight excluding hydrogens is 220 g/mol. The summed E-state index contributed by atoms with van der Waals surface area (Å²) >= 11 is 0. The number of carbonyl (C=O) groups is 1. The molecule has 2 aliphatic rings. The summed E-state index contributed by atoms with van der Waals surface area (Å²) in [5, 5.41) is 0. The summed E-state index contributed by atoms with van der Waals surface area (Å²) in [6, 6.07) is 0. The number of ketones is 1. The summed E-state index contributed by atoms with van der Waals surface area (Å²) in [5.74, 6) is 1.68. The van der Waals surface area contributed by atoms with Crippen molar-refractivity contribution < 1.29 is 4.79 Å². The Bertz CT molecular complexity index is 423. The molecule has 1 heteroatoms. The number of hydrogen-bond acceptors (Lipinski definition) is 1. The van der Waals surface area contributed by atoms with E-state index in [1.54, 1.807) is 0 Å². The highest BCUT2D eigenvalue weighted by Gasteiger charge is 2.37. The maximum Gasteiger partial charge on any atom is 0.158 e. The van der Waals surface area contributed by atoms with Crippen LogP contribution in [-0.4, -0.2) is 5.78 Å². The fourth-order valence-electron chi connectivity index (χ4n) is 3.47. The fraction of sp³-hybridized carbons (Fsp3) is 0.706. The maximum atomic E-state index is 11.9. The highest BCUT2D eigenvalue weighted by molar-refractivity contribution is 5.96. The monoisotopic (exact) mass is 246 g/mol. The van der Waals surface area contributed by atoms with Crippen LogP contribution in [0.5, 0.6) is 0 Å². The molecule has 18 heavy (non-hydrogen) atoms. The highest BCUT2D eigenvalue weighted by atomic mass is 16.1. The van der Waals surface area contributed by atoms with Crippen molar-refractivity contribution in [2.24, 2.45) is 17.3 Å². The van der Waals surface area contributed by atoms with Gasteiger partial charge in [0.2, 0.25) is 0 Å². The standard InChI is InChI=1S/C17H26O/c1-11-8-14(10-16(18)13(11)3)9-15-7-6-12(2)17(15,4)5/h6,14-15H,7-10H2,1-5H3. The Morgan fingerprint density at radius 1 is 1.22 bits per heavy atom. The lowest BCUT2D eigenvalue weighted by Crippen LogP contribution is -2.26. The van der Waals surface area contributed by atoms with Crippen molar-refractivity contribution in [2.45, 2.75) is 60.3 Å². The van der Waals surface area contributed by atoms with Crippen LogP contribution in [-0.2, 0) is 4.79 Å². The summed E-state index contributed by atoms with van der Waals surface area (Å²) in [5.41, 5.74) is 4.19. The number of Topliss-reactive ketones (excluding diaryl/α,β-unsaturated/α-hetero) is 1. The van der Waals surface area contributed by atoms with E-state index in [9.17, 15) is 4.79 Å². The van der Waals surface area contributed by atoms with Crippen LogP contribution in [0.1, 0.15) is 60.3 Å². The number of rotatable bonds is 2. The van der Waals surface area contributed by atoms with Gasteiger partial charge in [0, 0.05) is 6.42 Å². The van der Waals surface area contributed by atoms with Gasteiger partial charge in [0.25, 0.3) is 0 Å². The summed E-state index contributed by atoms with van der Waals surface area (Å²) in [7, 11) is 0. The molecule has 0 N–H and O–H groups in total. The zero-order valence-electron chi connectivity index (χ0n) is 12.5. The summed E-state index contributed by atoms with van der Waals surface area (Å²) in [6.45, 7) is 11.1. The molecular formula is C17H26O. The molecule has 1 nitrogen and oxygen atoms in total. The van der Waals surface area contributed by atoms with Gasteiger partial charge in [0.15, 0.2) is 5.78 Å². The molecule has 0 amide bonds. The minimum absolute atomic E-state index is 0.327. The van der Waals surface area contributed by atoms with Crippen LogP contribution < -0.4 is 0 Å². The van der Waals surface area contributed by atoms with Crippen molar-refractivity contribution in [2.75, 3.05) is 0 Å². The predicted octanol–water partition coefficient (Wildman–Crippen LogP) is 4.68. The molecule has 0 aliphatic heterocycles. The van der Waals surface area contributed by atoms with Crippen LogP contribution in [0.3, 0.4) is 0 Å². The van der Waals surface area contributed by atoms with E-state index in [0.717, 1.165) is 24.3 Å². The van der Waals surface area contributed by atoms with Crippen LogP contribution in [0.2, 0.25) is 0 Å². The molecule has 0 bridgehead atoms. The molecule has 100 valence electrons. The topological polar surface area (TPSA) is 17.1 Å². The Balaban J connectivity index is 2.03. The van der Waals surface area contributed by atoms with Crippen LogP contribution >= 0.6 is 0 Å². The van der Waals surface area contributed by atoms with E-state index in [1.165, 1.54) is 24.0 Å². The number of hydrogen-bond donors (Lipinski definition) is 0. The first kappa shape index (κ1) is 13.6. The van der Waals surface area contributed by atoms with Gasteiger partial charge in [-0.2, -0.15) is 0 Å². The zero-order chi connectivity index (χ0) is 13.5. The van der Waals surface area contributed by atoms with E-state index in [-0.39, 0.29) is 0 Å². The molecule has 0 spiro atoms. The summed E-state index contributed by atoms with van der Waals surface area (Å²) < 4.78 is 0. The van der Waals surface area contributed by atoms with Gasteiger partial charge in [-0.25, -0.2) is 0 Å². The third kappa shape index (κ3) is 2.32. The van der Waals surface area contributed by atoms with E-state index in [2.05, 4.69) is 33.8 Å². The second-order valence-corrected chi connectivity index (χ2v) is 6.88. The maximum absolute atomic E-state index is 11.9. The van der Waals surface area contributed by atoms with Crippen molar-refractivity contribution in [3.63, 3.8) is 0 Å². The molecule has 0 saturated heterocycles. The van der Waals surface area contributed by atoms with Crippen molar-refractivity contribution >= 4 is 5.78 Å². The largest absolute Gasteiger partial charge is 0.295 e. The van der Waals surface area contributed by atoms with Crippen LogP contribution in [0, 0.1) is 17.3 Å². The molecule has 0 heterocycles. The van der Waals surface area contributed by atoms with Gasteiger partial charge >= 0.3 is 0 Å². The number of carbonyl (C=O) groups excluding carboxylic acids is 1. The van der Waals surface area contributed by atoms with Gasteiger partial charge in [0.1, 0.15) is 0 Å². The average Bonchev–Trinajstić information content (AvgIpc) is 2.53. The van der Waals surface area contributed by atoms with Gasteiger partial charge in [-0.05, 0) is 62.9 Å². The van der Waals surface area contributed by atoms with E-state index in [1.807, 2.05) is 6.92 Å². The molecule has 0 aromatic carbocycles. The van der Waals surface area contributed by atoms with Crippen molar-refractivity contribution in [1.29, 1.82) is 0 Å². The lowest BCUT2D eigenvalue weighted by Gasteiger charge is -2.34. The van der Waals surface area contributed by atoms with Crippen molar-refractivity contribution in [1.82, 2.24) is 0 Å². The Labute approximate surface area is 111 Å². The smallest absolute Gasteiger partial charge is 0.158 e. The van der Waals surface area contributed by atoms with Crippen LogP contribution in [0.25, 0.3) is 0 Å². The Morgan fingerprint density at radius 3 is 2.39 bits per heavy atom. The van der Waals surface area contributed by atoms with Crippen molar-refractivity contribution in [3.05, 3.63) is 22.8 Å². The summed E-state index contributed by atoms with van der Waals surface area (Å²) in [6.07, 6.45) is 6.70. The third-order valence-corrected chi connectivity index (χ3v) is 5.49. The molecule has 0 saturated carbocycles. The Kier molecular flexibility index (Phi) is 3.53. The minimum atomic E-state index is 0.327. The Hall–Kier alpha value is -0.850. The van der Waals surface area contributed by atoms with Crippen molar-refractivity contribution in [3.8, 4) is 0 Å². The molecule has 2 aliphatic carbocycles. The first-order valence-corrected chi connectivity index (χ1v) is 7.19. The first-order chi connectivity index (χ1) is 8.32. The van der Waals surface area contributed by atoms with Gasteiger partial charge < -0.3 is 0 Å². The molecule has 0 aromatic rings. The molecule has 0 radical (unpaired) electrons. The quantitative estimate of drug-likeness (QED) is 0.646. The summed E-state index contributed by atoms with van der Waals surface area (Å²) in [4.78, 5) is 11.9. The fourth-order valence-corrected chi connectivity index (χ4v) is 3.47. The van der Waals surface area contributed by atoms with Crippen LogP contribution in [0.4, 0.5) is 0 Å². The minimum Gasteiger partial charge on any atom is -0.295 e. The SMILES string of the molecule is CC1=CCC(CC2CC(=O)C(C)=C(C)C2)C1(C)C. The highest BCUT2D eigenvalue weighted by Crippen LogP contribution is 2.47. The normalized spacial score (nSPS) is 31.8. The number of allylic oxidation sites excluding steroid dienone is 4. The van der Waals surface area contributed by atoms with Gasteiger partial charge in [-0.15, -0.1) is 0 Å². The van der Waals surface area contributed by atoms with E-state index in [0.29, 0.717) is 17.1 Å². The Morgan fingerprint density at radius 2 is 1.89 bits per heavy atom. The first-order valence-electron chi connectivity index (χ1n) is 7.19. The zero-order valence-corrected chi connectivity index (χ0v) is 12.5. The predicted molar refractivity (Wildman–Crippen MR) is 76.4 cm³/mol. The lowest BCUT2D eigenvalue weighted by atomic mass is 9.71. The molecule has 2 rings (SSSR count). The second-order valence-electron chi connectivity index (χ2n) is 6.88. The molecule has 2 atom stereocenters. The van der Waals surface area contributed by atoms with Gasteiger partial charge in [-0.3, -0.25) is 4.79 Å². The van der Waals surface area contributed by atoms with E-state index >= 15 is 0 Å². The second kappa shape index (κ2) is 4.68. The lowest BCUT2D eigenvalue weighted by molar-refractivity contribution is -0.117. The molecule has 0 aromatic heterocycles. The van der Waals surface area contributed by atoms with E-state index in [4.69, 9.17) is 0 Å². The average molecular weight is 246 g/mol. The van der Waals surface area contributed by atoms with Crippen LogP contribution in [0.15, 0.2) is 22.8 Å². The molecule has 0 fully saturated rings. The van der Waals surface area contributed by atoms with E-state index < -0.39 is 0 Å². The molecule has 2 unspecified atom stereocenters. The third-order valence-electron chi connectivity index (χ3n) is 5.49.